The maximum absolute atomic E-state index is 13.9. The lowest BCUT2D eigenvalue weighted by molar-refractivity contribution is -0.123. The average molecular weight is 346 g/mol. The number of halogens is 2. The van der Waals surface area contributed by atoms with E-state index in [2.05, 4.69) is 10.5 Å². The minimum Gasteiger partial charge on any atom is -0.507 e. The Balaban J connectivity index is 1.66. The second-order valence-corrected chi connectivity index (χ2v) is 5.80. The smallest absolute Gasteiger partial charge is 0.277 e. The largest absolute Gasteiger partial charge is 0.507 e. The molecule has 0 aliphatic heterocycles. The van der Waals surface area contributed by atoms with Gasteiger partial charge in [-0.05, 0) is 48.7 Å². The van der Waals surface area contributed by atoms with Crippen molar-refractivity contribution < 1.29 is 23.4 Å². The van der Waals surface area contributed by atoms with E-state index in [1.165, 1.54) is 36.4 Å². The third-order valence-corrected chi connectivity index (χ3v) is 3.95. The molecule has 7 heteroatoms. The molecule has 1 amide bonds. The fraction of sp³-hybridized carbons (Fsp3) is 0.222. The Bertz CT molecular complexity index is 835. The predicted molar refractivity (Wildman–Crippen MR) is 87.7 cm³/mol. The number of hydrogen-bond acceptors (Lipinski definition) is 4. The molecule has 2 aromatic rings. The molecule has 0 spiro atoms. The zero-order valence-electron chi connectivity index (χ0n) is 13.4. The molecule has 0 radical (unpaired) electrons. The van der Waals surface area contributed by atoms with Gasteiger partial charge in [0.25, 0.3) is 5.91 Å². The minimum absolute atomic E-state index is 0.0729. The van der Waals surface area contributed by atoms with Crippen LogP contribution in [0.4, 0.5) is 8.78 Å². The van der Waals surface area contributed by atoms with Gasteiger partial charge in [0.2, 0.25) is 0 Å². The van der Waals surface area contributed by atoms with Crippen LogP contribution in [-0.4, -0.2) is 23.3 Å². The van der Waals surface area contributed by atoms with Gasteiger partial charge in [0, 0.05) is 11.1 Å². The normalized spacial score (nSPS) is 17.4. The van der Waals surface area contributed by atoms with Gasteiger partial charge in [0.15, 0.2) is 6.61 Å². The standard InChI is InChI=1S/C18H16F2N2O3/c1-10-8-14(18-15(23)7-6-13(20)17(10)18)21-22-16(24)9-25-12-4-2-11(19)3-5-12/h2-7,10,23H,8-9H2,1H3,(H,22,24)/b21-14+/t10-/m0/s1. The van der Waals surface area contributed by atoms with E-state index in [-0.39, 0.29) is 18.3 Å². The Hall–Kier alpha value is -2.96. The van der Waals surface area contributed by atoms with Crippen molar-refractivity contribution in [1.29, 1.82) is 0 Å². The van der Waals surface area contributed by atoms with Gasteiger partial charge in [-0.1, -0.05) is 6.92 Å². The SMILES string of the molecule is C[C@H]1C/C(=N\NC(=O)COc2ccc(F)cc2)c2c(O)ccc(F)c21. The van der Waals surface area contributed by atoms with Crippen LogP contribution in [0.5, 0.6) is 11.5 Å². The lowest BCUT2D eigenvalue weighted by Gasteiger charge is -2.07. The number of nitrogens with zero attached hydrogens (tertiary/aromatic N) is 1. The fourth-order valence-corrected chi connectivity index (χ4v) is 2.81. The van der Waals surface area contributed by atoms with Crippen LogP contribution in [0.3, 0.4) is 0 Å². The molecule has 1 aliphatic rings. The summed E-state index contributed by atoms with van der Waals surface area (Å²) in [6.45, 7) is 1.52. The molecule has 25 heavy (non-hydrogen) atoms. The number of ether oxygens (including phenoxy) is 1. The molecule has 1 atom stereocenters. The zero-order chi connectivity index (χ0) is 18.0. The molecule has 0 aromatic heterocycles. The van der Waals surface area contributed by atoms with E-state index in [0.29, 0.717) is 29.0 Å². The summed E-state index contributed by atoms with van der Waals surface area (Å²) < 4.78 is 31.9. The van der Waals surface area contributed by atoms with Gasteiger partial charge >= 0.3 is 0 Å². The number of fused-ring (bicyclic) bond motifs is 1. The van der Waals surface area contributed by atoms with Gasteiger partial charge in [-0.2, -0.15) is 5.10 Å². The lowest BCUT2D eigenvalue weighted by atomic mass is 10.0. The number of phenolic OH excluding ortho intramolecular Hbond substituents is 1. The summed E-state index contributed by atoms with van der Waals surface area (Å²) in [5, 5.41) is 14.0. The van der Waals surface area contributed by atoms with E-state index in [9.17, 15) is 18.7 Å². The first-order valence-corrected chi connectivity index (χ1v) is 7.71. The monoisotopic (exact) mass is 346 g/mol. The van der Waals surface area contributed by atoms with Crippen LogP contribution in [-0.2, 0) is 4.79 Å². The highest BCUT2D eigenvalue weighted by Crippen LogP contribution is 2.39. The Morgan fingerprint density at radius 3 is 2.72 bits per heavy atom. The van der Waals surface area contributed by atoms with Crippen LogP contribution >= 0.6 is 0 Å². The second-order valence-electron chi connectivity index (χ2n) is 5.80. The van der Waals surface area contributed by atoms with Crippen molar-refractivity contribution in [3.63, 3.8) is 0 Å². The van der Waals surface area contributed by atoms with Crippen LogP contribution in [0.25, 0.3) is 0 Å². The highest BCUT2D eigenvalue weighted by molar-refractivity contribution is 6.07. The van der Waals surface area contributed by atoms with Crippen molar-refractivity contribution in [2.75, 3.05) is 6.61 Å². The number of carbonyl (C=O) groups is 1. The number of amides is 1. The molecule has 0 fully saturated rings. The molecule has 0 unspecified atom stereocenters. The first-order valence-electron chi connectivity index (χ1n) is 7.71. The molecular weight excluding hydrogens is 330 g/mol. The van der Waals surface area contributed by atoms with Gasteiger partial charge in [0.1, 0.15) is 23.1 Å². The van der Waals surface area contributed by atoms with Crippen LogP contribution in [0, 0.1) is 11.6 Å². The van der Waals surface area contributed by atoms with Crippen molar-refractivity contribution in [2.24, 2.45) is 5.10 Å². The van der Waals surface area contributed by atoms with E-state index in [1.807, 2.05) is 6.92 Å². The van der Waals surface area contributed by atoms with E-state index in [4.69, 9.17) is 4.74 Å². The molecule has 0 bridgehead atoms. The summed E-state index contributed by atoms with van der Waals surface area (Å²) in [5.41, 5.74) is 3.47. The van der Waals surface area contributed by atoms with Crippen LogP contribution in [0.1, 0.15) is 30.4 Å². The second kappa shape index (κ2) is 6.88. The van der Waals surface area contributed by atoms with Crippen LogP contribution in [0.15, 0.2) is 41.5 Å². The van der Waals surface area contributed by atoms with Crippen molar-refractivity contribution in [2.45, 2.75) is 19.3 Å². The Morgan fingerprint density at radius 2 is 2.00 bits per heavy atom. The number of phenols is 1. The van der Waals surface area contributed by atoms with E-state index in [0.717, 1.165) is 0 Å². The van der Waals surface area contributed by atoms with Crippen molar-refractivity contribution in [3.05, 3.63) is 59.2 Å². The Kier molecular flexibility index (Phi) is 4.65. The van der Waals surface area contributed by atoms with E-state index < -0.39 is 17.5 Å². The summed E-state index contributed by atoms with van der Waals surface area (Å²) in [7, 11) is 0. The zero-order valence-corrected chi connectivity index (χ0v) is 13.4. The number of aromatic hydroxyl groups is 1. The maximum Gasteiger partial charge on any atom is 0.277 e. The van der Waals surface area contributed by atoms with Crippen molar-refractivity contribution in [1.82, 2.24) is 5.43 Å². The van der Waals surface area contributed by atoms with Gasteiger partial charge in [-0.15, -0.1) is 0 Å². The highest BCUT2D eigenvalue weighted by Gasteiger charge is 2.30. The first-order chi connectivity index (χ1) is 12.0. The molecule has 2 aromatic carbocycles. The predicted octanol–water partition coefficient (Wildman–Crippen LogP) is 3.08. The van der Waals surface area contributed by atoms with Gasteiger partial charge in [0.05, 0.1) is 5.71 Å². The maximum atomic E-state index is 13.9. The number of carbonyl (C=O) groups excluding carboxylic acids is 1. The van der Waals surface area contributed by atoms with E-state index >= 15 is 0 Å². The molecule has 1 aliphatic carbocycles. The topological polar surface area (TPSA) is 70.9 Å². The summed E-state index contributed by atoms with van der Waals surface area (Å²) >= 11 is 0. The summed E-state index contributed by atoms with van der Waals surface area (Å²) in [5.74, 6) is -1.19. The minimum atomic E-state index is -0.520. The van der Waals surface area contributed by atoms with Gasteiger partial charge < -0.3 is 9.84 Å². The molecule has 0 heterocycles. The van der Waals surface area contributed by atoms with Gasteiger partial charge in [-0.3, -0.25) is 4.79 Å². The molecule has 130 valence electrons. The summed E-state index contributed by atoms with van der Waals surface area (Å²) in [6, 6.07) is 7.74. The Morgan fingerprint density at radius 1 is 1.28 bits per heavy atom. The first kappa shape index (κ1) is 16.9. The molecule has 0 saturated heterocycles. The third kappa shape index (κ3) is 3.60. The van der Waals surface area contributed by atoms with Crippen molar-refractivity contribution in [3.8, 4) is 11.5 Å². The van der Waals surface area contributed by atoms with E-state index in [1.54, 1.807) is 0 Å². The molecule has 0 saturated carbocycles. The molecule has 2 N–H and O–H groups in total. The quantitative estimate of drug-likeness (QED) is 0.836. The number of nitrogens with one attached hydrogen (secondary N) is 1. The molecule has 5 nitrogen and oxygen atoms in total. The lowest BCUT2D eigenvalue weighted by Crippen LogP contribution is -2.25. The summed E-state index contributed by atoms with van der Waals surface area (Å²) in [4.78, 5) is 11.8. The highest BCUT2D eigenvalue weighted by atomic mass is 19.1. The molecule has 3 rings (SSSR count). The van der Waals surface area contributed by atoms with Crippen LogP contribution < -0.4 is 10.2 Å². The van der Waals surface area contributed by atoms with Crippen molar-refractivity contribution >= 4 is 11.6 Å². The summed E-state index contributed by atoms with van der Waals surface area (Å²) in [6.07, 6.45) is 0.406. The fourth-order valence-electron chi connectivity index (χ4n) is 2.81. The number of benzene rings is 2. The number of hydrogen-bond donors (Lipinski definition) is 2. The molecular formula is C18H16F2N2O3. The average Bonchev–Trinajstić information content (AvgIpc) is 2.93. The Labute approximate surface area is 142 Å². The third-order valence-electron chi connectivity index (χ3n) is 3.95. The number of rotatable bonds is 4. The van der Waals surface area contributed by atoms with Gasteiger partial charge in [-0.25, -0.2) is 14.2 Å². The van der Waals surface area contributed by atoms with Crippen LogP contribution in [0.2, 0.25) is 0 Å². The number of hydrazone groups is 1.